The first-order valence-electron chi connectivity index (χ1n) is 14.8. The fraction of sp³-hybridized carbons (Fsp3) is 0.559. The van der Waals surface area contributed by atoms with Gasteiger partial charge >= 0.3 is 0 Å². The number of hydrogen-bond donors (Lipinski definition) is 0. The number of rotatable bonds is 22. The van der Waals surface area contributed by atoms with Crippen LogP contribution in [-0.2, 0) is 0 Å². The zero-order valence-corrected chi connectivity index (χ0v) is 24.3. The molecule has 0 radical (unpaired) electrons. The molecule has 0 unspecified atom stereocenters. The summed E-state index contributed by atoms with van der Waals surface area (Å²) in [7, 11) is 0. The highest BCUT2D eigenvalue weighted by molar-refractivity contribution is 7.98. The summed E-state index contributed by atoms with van der Waals surface area (Å²) in [5.41, 5.74) is 1.72. The monoisotopic (exact) mass is 522 g/mol. The Hall–Kier alpha value is -2.00. The van der Waals surface area contributed by atoms with E-state index in [1.54, 1.807) is 17.8 Å². The first kappa shape index (κ1) is 31.2. The summed E-state index contributed by atoms with van der Waals surface area (Å²) in [6.07, 6.45) is 27.6. The van der Waals surface area contributed by atoms with E-state index in [1.165, 1.54) is 101 Å². The van der Waals surface area contributed by atoms with Crippen LogP contribution in [0.2, 0.25) is 0 Å². The number of allylic oxidation sites excluding steroid dienone is 1. The minimum atomic E-state index is 0.0123. The molecule has 0 heterocycles. The van der Waals surface area contributed by atoms with Gasteiger partial charge in [-0.15, -0.1) is 11.8 Å². The van der Waals surface area contributed by atoms with Crippen LogP contribution in [0, 0.1) is 0 Å². The summed E-state index contributed by atoms with van der Waals surface area (Å²) in [6, 6.07) is 15.7. The summed E-state index contributed by atoms with van der Waals surface area (Å²) in [6.45, 7) is 3.03. The predicted octanol–water partition coefficient (Wildman–Crippen LogP) is 10.9. The molecule has 0 amide bonds. The average Bonchev–Trinajstić information content (AvgIpc) is 2.94. The number of ether oxygens (including phenoxy) is 1. The SMILES string of the molecule is CCCCCCCCCCCCCCCCCCOc1ccc(C(=O)/C=C/c2ccc(SC)cc2)cc1. The van der Waals surface area contributed by atoms with Crippen molar-refractivity contribution in [2.75, 3.05) is 12.9 Å². The van der Waals surface area contributed by atoms with Crippen molar-refractivity contribution in [2.24, 2.45) is 0 Å². The van der Waals surface area contributed by atoms with Gasteiger partial charge < -0.3 is 4.74 Å². The molecule has 0 atom stereocenters. The molecule has 0 fully saturated rings. The van der Waals surface area contributed by atoms with Crippen LogP contribution in [-0.4, -0.2) is 18.6 Å². The van der Waals surface area contributed by atoms with Crippen molar-refractivity contribution in [1.29, 1.82) is 0 Å². The molecule has 0 saturated carbocycles. The summed E-state index contributed by atoms with van der Waals surface area (Å²) in [5, 5.41) is 0. The van der Waals surface area contributed by atoms with E-state index in [1.807, 2.05) is 42.5 Å². The van der Waals surface area contributed by atoms with Gasteiger partial charge in [-0.25, -0.2) is 0 Å². The fourth-order valence-corrected chi connectivity index (χ4v) is 4.95. The molecule has 3 heteroatoms. The van der Waals surface area contributed by atoms with Crippen molar-refractivity contribution in [3.63, 3.8) is 0 Å². The molecule has 37 heavy (non-hydrogen) atoms. The van der Waals surface area contributed by atoms with Crippen molar-refractivity contribution in [3.05, 3.63) is 65.7 Å². The van der Waals surface area contributed by atoms with Crippen LogP contribution in [0.5, 0.6) is 5.75 Å². The van der Waals surface area contributed by atoms with E-state index < -0.39 is 0 Å². The van der Waals surface area contributed by atoms with Gasteiger partial charge in [0.1, 0.15) is 5.75 Å². The third-order valence-corrected chi connectivity index (χ3v) is 7.69. The third kappa shape index (κ3) is 15.1. The van der Waals surface area contributed by atoms with Crippen LogP contribution in [0.1, 0.15) is 126 Å². The number of carbonyl (C=O) groups is 1. The number of hydrogen-bond acceptors (Lipinski definition) is 3. The van der Waals surface area contributed by atoms with Gasteiger partial charge in [-0.1, -0.05) is 121 Å². The van der Waals surface area contributed by atoms with Crippen molar-refractivity contribution in [2.45, 2.75) is 115 Å². The number of unbranched alkanes of at least 4 members (excludes halogenated alkanes) is 15. The van der Waals surface area contributed by atoms with E-state index in [0.29, 0.717) is 5.56 Å². The summed E-state index contributed by atoms with van der Waals surface area (Å²) in [4.78, 5) is 13.7. The van der Waals surface area contributed by atoms with Gasteiger partial charge in [0.25, 0.3) is 0 Å². The highest BCUT2D eigenvalue weighted by atomic mass is 32.2. The standard InChI is InChI=1S/C34H50O2S/c1-3-4-5-6-7-8-9-10-11-12-13-14-15-16-17-18-29-36-32-24-22-31(23-25-32)34(35)28-21-30-19-26-33(37-2)27-20-30/h19-28H,3-18,29H2,1-2H3/b28-21+. The van der Waals surface area contributed by atoms with Crippen molar-refractivity contribution in [1.82, 2.24) is 0 Å². The van der Waals surface area contributed by atoms with E-state index in [2.05, 4.69) is 25.3 Å². The fourth-order valence-electron chi connectivity index (χ4n) is 4.54. The lowest BCUT2D eigenvalue weighted by atomic mass is 10.0. The average molecular weight is 523 g/mol. The smallest absolute Gasteiger partial charge is 0.185 e. The van der Waals surface area contributed by atoms with E-state index in [4.69, 9.17) is 4.74 Å². The van der Waals surface area contributed by atoms with Crippen LogP contribution in [0.15, 0.2) is 59.5 Å². The zero-order valence-electron chi connectivity index (χ0n) is 23.5. The molecule has 0 aliphatic rings. The Morgan fingerprint density at radius 1 is 0.676 bits per heavy atom. The van der Waals surface area contributed by atoms with Gasteiger partial charge in [-0.05, 0) is 60.7 Å². The lowest BCUT2D eigenvalue weighted by Gasteiger charge is -2.07. The van der Waals surface area contributed by atoms with E-state index in [-0.39, 0.29) is 5.78 Å². The molecule has 0 saturated heterocycles. The molecule has 0 N–H and O–H groups in total. The molecule has 2 rings (SSSR count). The van der Waals surface area contributed by atoms with Gasteiger partial charge in [-0.3, -0.25) is 4.79 Å². The van der Waals surface area contributed by atoms with Crippen molar-refractivity contribution in [3.8, 4) is 5.75 Å². The molecule has 204 valence electrons. The largest absolute Gasteiger partial charge is 0.494 e. The Bertz CT molecular complexity index is 854. The predicted molar refractivity (Wildman–Crippen MR) is 163 cm³/mol. The summed E-state index contributed by atoms with van der Waals surface area (Å²) < 4.78 is 5.88. The van der Waals surface area contributed by atoms with Crippen LogP contribution in [0.4, 0.5) is 0 Å². The molecule has 0 bridgehead atoms. The van der Waals surface area contributed by atoms with Crippen molar-refractivity contribution < 1.29 is 9.53 Å². The normalized spacial score (nSPS) is 11.3. The molecular weight excluding hydrogens is 472 g/mol. The maximum Gasteiger partial charge on any atom is 0.185 e. The second-order valence-electron chi connectivity index (χ2n) is 10.1. The van der Waals surface area contributed by atoms with Gasteiger partial charge in [0.15, 0.2) is 5.78 Å². The molecule has 0 aliphatic heterocycles. The summed E-state index contributed by atoms with van der Waals surface area (Å²) >= 11 is 1.71. The third-order valence-electron chi connectivity index (χ3n) is 6.95. The molecule has 2 nitrogen and oxygen atoms in total. The van der Waals surface area contributed by atoms with Gasteiger partial charge in [0, 0.05) is 10.5 Å². The minimum absolute atomic E-state index is 0.0123. The maximum absolute atomic E-state index is 12.4. The second kappa shape index (κ2) is 21.0. The number of thioether (sulfide) groups is 1. The topological polar surface area (TPSA) is 26.3 Å². The second-order valence-corrected chi connectivity index (χ2v) is 11.0. The Kier molecular flexibility index (Phi) is 17.7. The van der Waals surface area contributed by atoms with Crippen LogP contribution in [0.25, 0.3) is 6.08 Å². The highest BCUT2D eigenvalue weighted by Crippen LogP contribution is 2.18. The van der Waals surface area contributed by atoms with Gasteiger partial charge in [0.2, 0.25) is 0 Å². The van der Waals surface area contributed by atoms with E-state index in [9.17, 15) is 4.79 Å². The van der Waals surface area contributed by atoms with Crippen molar-refractivity contribution >= 4 is 23.6 Å². The number of benzene rings is 2. The Balaban J connectivity index is 1.44. The molecule has 0 aromatic heterocycles. The Labute approximate surface area is 231 Å². The highest BCUT2D eigenvalue weighted by Gasteiger charge is 2.03. The quantitative estimate of drug-likeness (QED) is 0.0665. The lowest BCUT2D eigenvalue weighted by Crippen LogP contribution is -1.99. The number of ketones is 1. The van der Waals surface area contributed by atoms with Crippen LogP contribution >= 0.6 is 11.8 Å². The molecule has 2 aromatic carbocycles. The molecular formula is C34H50O2S. The first-order valence-corrected chi connectivity index (χ1v) is 16.0. The van der Waals surface area contributed by atoms with Crippen LogP contribution in [0.3, 0.4) is 0 Å². The molecule has 2 aromatic rings. The van der Waals surface area contributed by atoms with Gasteiger partial charge in [0.05, 0.1) is 6.61 Å². The van der Waals surface area contributed by atoms with E-state index in [0.717, 1.165) is 24.3 Å². The van der Waals surface area contributed by atoms with E-state index >= 15 is 0 Å². The lowest BCUT2D eigenvalue weighted by molar-refractivity contribution is 0.104. The molecule has 0 aliphatic carbocycles. The minimum Gasteiger partial charge on any atom is -0.494 e. The number of carbonyl (C=O) groups excluding carboxylic acids is 1. The van der Waals surface area contributed by atoms with Crippen LogP contribution < -0.4 is 4.74 Å². The summed E-state index contributed by atoms with van der Waals surface area (Å²) in [5.74, 6) is 0.854. The molecule has 0 spiro atoms. The Morgan fingerprint density at radius 3 is 1.65 bits per heavy atom. The first-order chi connectivity index (χ1) is 18.2. The zero-order chi connectivity index (χ0) is 26.4. The maximum atomic E-state index is 12.4. The van der Waals surface area contributed by atoms with Gasteiger partial charge in [-0.2, -0.15) is 0 Å². The Morgan fingerprint density at radius 2 is 1.16 bits per heavy atom.